The molecule has 7 heteroatoms. The maximum absolute atomic E-state index is 12.1. The van der Waals surface area contributed by atoms with Crippen molar-refractivity contribution in [1.29, 1.82) is 0 Å². The molecule has 2 rings (SSSR count). The highest BCUT2D eigenvalue weighted by atomic mass is 32.2. The minimum absolute atomic E-state index is 0.0284. The topological polar surface area (TPSA) is 82.7 Å². The van der Waals surface area contributed by atoms with Crippen molar-refractivity contribution in [3.63, 3.8) is 0 Å². The number of fused-ring (bicyclic) bond motifs is 1. The molecule has 0 aromatic rings. The lowest BCUT2D eigenvalue weighted by Gasteiger charge is -2.36. The third-order valence-corrected chi connectivity index (χ3v) is 5.86. The van der Waals surface area contributed by atoms with Crippen LogP contribution in [-0.2, 0) is 25.6 Å². The first kappa shape index (κ1) is 20.6. The van der Waals surface area contributed by atoms with Gasteiger partial charge in [-0.15, -0.1) is 4.72 Å². The first-order chi connectivity index (χ1) is 11.8. The molecule has 6 nitrogen and oxygen atoms in total. The molecule has 1 fully saturated rings. The van der Waals surface area contributed by atoms with Crippen molar-refractivity contribution in [1.82, 2.24) is 10.0 Å². The van der Waals surface area contributed by atoms with Crippen molar-refractivity contribution in [3.05, 3.63) is 11.8 Å². The molecule has 1 heterocycles. The minimum atomic E-state index is -1.05. The number of carbonyl (C=O) groups is 1. The van der Waals surface area contributed by atoms with Gasteiger partial charge in [0.15, 0.2) is 0 Å². The Bertz CT molecular complexity index is 478. The van der Waals surface area contributed by atoms with Crippen LogP contribution in [0.4, 0.5) is 0 Å². The van der Waals surface area contributed by atoms with E-state index in [0.717, 1.165) is 31.4 Å². The van der Waals surface area contributed by atoms with Gasteiger partial charge < -0.3 is 19.3 Å². The average molecular weight is 373 g/mol. The van der Waals surface area contributed by atoms with Crippen molar-refractivity contribution < 1.29 is 18.8 Å². The van der Waals surface area contributed by atoms with E-state index >= 15 is 0 Å². The van der Waals surface area contributed by atoms with Crippen molar-refractivity contribution in [3.8, 4) is 0 Å². The van der Waals surface area contributed by atoms with E-state index in [1.54, 1.807) is 0 Å². The summed E-state index contributed by atoms with van der Waals surface area (Å²) in [4.78, 5) is 12.1. The lowest BCUT2D eigenvalue weighted by molar-refractivity contribution is -0.123. The third-order valence-electron chi connectivity index (χ3n) is 4.29. The van der Waals surface area contributed by atoms with Crippen LogP contribution in [-0.4, -0.2) is 46.6 Å². The molecule has 1 amide bonds. The van der Waals surface area contributed by atoms with Gasteiger partial charge in [-0.1, -0.05) is 0 Å². The van der Waals surface area contributed by atoms with Crippen LogP contribution in [0, 0.1) is 0 Å². The Kier molecular flexibility index (Phi) is 7.61. The third kappa shape index (κ3) is 6.81. The number of carbonyl (C=O) groups excluding carboxylic acids is 1. The van der Waals surface area contributed by atoms with E-state index in [4.69, 9.17) is 9.47 Å². The number of ether oxygens (including phenoxy) is 2. The molecular weight excluding hydrogens is 340 g/mol. The molecule has 0 aromatic heterocycles. The number of hydrogen-bond acceptors (Lipinski definition) is 5. The summed E-state index contributed by atoms with van der Waals surface area (Å²) in [6, 6.07) is 0.113. The number of hydrogen-bond donors (Lipinski definition) is 2. The fraction of sp³-hybridized carbons (Fsp3) is 0.833. The minimum Gasteiger partial charge on any atom is -0.598 e. The normalized spacial score (nSPS) is 27.7. The smallest absolute Gasteiger partial charge is 0.220 e. The summed E-state index contributed by atoms with van der Waals surface area (Å²) < 4.78 is 26.2. The second-order valence-corrected chi connectivity index (χ2v) is 9.87. The van der Waals surface area contributed by atoms with E-state index in [-0.39, 0.29) is 28.9 Å². The zero-order valence-corrected chi connectivity index (χ0v) is 16.6. The van der Waals surface area contributed by atoms with E-state index in [0.29, 0.717) is 19.6 Å². The monoisotopic (exact) mass is 372 g/mol. The second-order valence-electron chi connectivity index (χ2n) is 7.82. The van der Waals surface area contributed by atoms with Gasteiger partial charge >= 0.3 is 0 Å². The summed E-state index contributed by atoms with van der Waals surface area (Å²) in [5.41, 5.74) is 0. The summed E-state index contributed by atoms with van der Waals surface area (Å²) in [5.74, 6) is 0.991. The summed E-state index contributed by atoms with van der Waals surface area (Å²) >= 11 is -1.05. The Balaban J connectivity index is 1.60. The van der Waals surface area contributed by atoms with Gasteiger partial charge in [-0.2, -0.15) is 0 Å². The molecule has 1 aliphatic heterocycles. The highest BCUT2D eigenvalue weighted by molar-refractivity contribution is 7.90. The molecule has 0 aromatic carbocycles. The Morgan fingerprint density at radius 2 is 2.16 bits per heavy atom. The van der Waals surface area contributed by atoms with Gasteiger partial charge in [0.1, 0.15) is 23.2 Å². The maximum Gasteiger partial charge on any atom is 0.220 e. The van der Waals surface area contributed by atoms with Gasteiger partial charge in [-0.25, -0.2) is 0 Å². The molecule has 0 spiro atoms. The molecule has 2 aliphatic rings. The van der Waals surface area contributed by atoms with Crippen molar-refractivity contribution in [2.75, 3.05) is 13.2 Å². The zero-order chi connectivity index (χ0) is 18.4. The van der Waals surface area contributed by atoms with E-state index < -0.39 is 11.4 Å². The van der Waals surface area contributed by atoms with Crippen LogP contribution < -0.4 is 10.0 Å². The zero-order valence-electron chi connectivity index (χ0n) is 15.8. The molecule has 0 radical (unpaired) electrons. The second kappa shape index (κ2) is 9.26. The van der Waals surface area contributed by atoms with Gasteiger partial charge in [-0.05, 0) is 53.0 Å². The molecule has 4 atom stereocenters. The number of amides is 1. The quantitative estimate of drug-likeness (QED) is 0.529. The molecule has 144 valence electrons. The first-order valence-corrected chi connectivity index (χ1v) is 10.3. The molecular formula is C18H32N2O4S. The lowest BCUT2D eigenvalue weighted by Crippen LogP contribution is -2.43. The SMILES string of the molecule is CC1COC2=CCC(NC(=O)CCCCN[S+]([O-])C(C)(C)C)CC2O1. The highest BCUT2D eigenvalue weighted by Gasteiger charge is 2.32. The number of rotatable bonds is 7. The average Bonchev–Trinajstić information content (AvgIpc) is 2.53. The van der Waals surface area contributed by atoms with Gasteiger partial charge in [0.25, 0.3) is 0 Å². The van der Waals surface area contributed by atoms with Crippen molar-refractivity contribution in [2.45, 2.75) is 82.8 Å². The van der Waals surface area contributed by atoms with Gasteiger partial charge in [0.05, 0.1) is 6.10 Å². The van der Waals surface area contributed by atoms with Crippen LogP contribution in [0.1, 0.15) is 59.8 Å². The predicted molar refractivity (Wildman–Crippen MR) is 99.3 cm³/mol. The lowest BCUT2D eigenvalue weighted by atomic mass is 9.96. The van der Waals surface area contributed by atoms with E-state index in [9.17, 15) is 9.35 Å². The van der Waals surface area contributed by atoms with Crippen molar-refractivity contribution in [2.24, 2.45) is 0 Å². The molecule has 2 N–H and O–H groups in total. The fourth-order valence-corrected chi connectivity index (χ4v) is 3.64. The fourth-order valence-electron chi connectivity index (χ4n) is 2.88. The largest absolute Gasteiger partial charge is 0.598 e. The van der Waals surface area contributed by atoms with Crippen LogP contribution in [0.25, 0.3) is 0 Å². The molecule has 0 saturated carbocycles. The molecule has 1 saturated heterocycles. The van der Waals surface area contributed by atoms with E-state index in [1.807, 2.05) is 33.8 Å². The summed E-state index contributed by atoms with van der Waals surface area (Å²) in [6.07, 6.45) is 5.79. The van der Waals surface area contributed by atoms with Crippen LogP contribution in [0.2, 0.25) is 0 Å². The van der Waals surface area contributed by atoms with Gasteiger partial charge in [0.2, 0.25) is 5.91 Å². The Morgan fingerprint density at radius 1 is 1.40 bits per heavy atom. The predicted octanol–water partition coefficient (Wildman–Crippen LogP) is 2.17. The van der Waals surface area contributed by atoms with Gasteiger partial charge in [0, 0.05) is 36.8 Å². The Labute approximate surface area is 154 Å². The summed E-state index contributed by atoms with van der Waals surface area (Å²) in [5, 5.41) is 3.09. The maximum atomic E-state index is 12.1. The molecule has 25 heavy (non-hydrogen) atoms. The van der Waals surface area contributed by atoms with Crippen molar-refractivity contribution >= 4 is 17.3 Å². The molecule has 0 bridgehead atoms. The van der Waals surface area contributed by atoms with Crippen LogP contribution in [0.5, 0.6) is 0 Å². The first-order valence-electron chi connectivity index (χ1n) is 9.18. The summed E-state index contributed by atoms with van der Waals surface area (Å²) in [7, 11) is 0. The van der Waals surface area contributed by atoms with Crippen LogP contribution in [0.15, 0.2) is 11.8 Å². The highest BCUT2D eigenvalue weighted by Crippen LogP contribution is 2.27. The van der Waals surface area contributed by atoms with E-state index in [1.165, 1.54) is 0 Å². The van der Waals surface area contributed by atoms with E-state index in [2.05, 4.69) is 10.0 Å². The van der Waals surface area contributed by atoms with Crippen LogP contribution >= 0.6 is 0 Å². The van der Waals surface area contributed by atoms with Crippen LogP contribution in [0.3, 0.4) is 0 Å². The van der Waals surface area contributed by atoms with Gasteiger partial charge in [-0.3, -0.25) is 4.79 Å². The molecule has 1 aliphatic carbocycles. The Hall–Kier alpha value is -0.760. The Morgan fingerprint density at radius 3 is 2.88 bits per heavy atom. The number of nitrogens with one attached hydrogen (secondary N) is 2. The number of unbranched alkanes of at least 4 members (excludes halogenated alkanes) is 1. The molecule has 4 unspecified atom stereocenters. The summed E-state index contributed by atoms with van der Waals surface area (Å²) in [6.45, 7) is 9.09. The standard InChI is InChI=1S/C18H32N2O4S/c1-13-12-23-15-9-8-14(11-16(15)24-13)20-17(21)7-5-6-10-19-25(22)18(2,3)4/h9,13-14,16,19H,5-8,10-12H2,1-4H3,(H,20,21).